The minimum Gasteiger partial charge on any atom is -0.414 e. The van der Waals surface area contributed by atoms with Gasteiger partial charge in [-0.3, -0.25) is 4.18 Å². The van der Waals surface area contributed by atoms with E-state index in [2.05, 4.69) is 43.9 Å². The molecule has 1 fully saturated rings. The van der Waals surface area contributed by atoms with Gasteiger partial charge in [-0.25, -0.2) is 0 Å². The second kappa shape index (κ2) is 6.86. The Balaban J connectivity index is 2.82. The Bertz CT molecular complexity index is 539. The SMILES string of the molecule is CC(C)(C)[Si](C)(C)OCC1OCC(N=[N+]=[N-])C1OS(C)(=O)=O. The van der Waals surface area contributed by atoms with Gasteiger partial charge in [0.1, 0.15) is 12.2 Å². The highest BCUT2D eigenvalue weighted by Crippen LogP contribution is 2.37. The molecule has 1 rings (SSSR count). The zero-order valence-electron chi connectivity index (χ0n) is 13.9. The van der Waals surface area contributed by atoms with Crippen LogP contribution in [0.25, 0.3) is 10.4 Å². The summed E-state index contributed by atoms with van der Waals surface area (Å²) in [5.41, 5.74) is 8.57. The van der Waals surface area contributed by atoms with Crippen LogP contribution in [-0.2, 0) is 23.5 Å². The van der Waals surface area contributed by atoms with E-state index in [4.69, 9.17) is 18.9 Å². The summed E-state index contributed by atoms with van der Waals surface area (Å²) >= 11 is 0. The Morgan fingerprint density at radius 1 is 1.41 bits per heavy atom. The van der Waals surface area contributed by atoms with Crippen molar-refractivity contribution in [1.29, 1.82) is 0 Å². The minimum absolute atomic E-state index is 0.0308. The largest absolute Gasteiger partial charge is 0.414 e. The smallest absolute Gasteiger partial charge is 0.264 e. The summed E-state index contributed by atoms with van der Waals surface area (Å²) in [4.78, 5) is 2.72. The van der Waals surface area contributed by atoms with Crippen LogP contribution in [0.3, 0.4) is 0 Å². The maximum absolute atomic E-state index is 11.4. The van der Waals surface area contributed by atoms with Crippen LogP contribution in [0.4, 0.5) is 0 Å². The fraction of sp³-hybridized carbons (Fsp3) is 1.00. The first-order chi connectivity index (χ1) is 9.87. The summed E-state index contributed by atoms with van der Waals surface area (Å²) in [6, 6.07) is -0.673. The van der Waals surface area contributed by atoms with Crippen molar-refractivity contribution in [2.24, 2.45) is 5.11 Å². The predicted molar refractivity (Wildman–Crippen MR) is 85.5 cm³/mol. The fourth-order valence-corrected chi connectivity index (χ4v) is 3.47. The number of azide groups is 1. The number of rotatable bonds is 6. The van der Waals surface area contributed by atoms with Gasteiger partial charge < -0.3 is 9.16 Å². The molecular formula is C12H25N3O5SSi. The molecule has 1 heterocycles. The van der Waals surface area contributed by atoms with Gasteiger partial charge in [-0.2, -0.15) is 8.42 Å². The molecule has 0 aromatic rings. The summed E-state index contributed by atoms with van der Waals surface area (Å²) in [6.07, 6.45) is -0.459. The molecule has 1 aliphatic rings. The van der Waals surface area contributed by atoms with Crippen molar-refractivity contribution >= 4 is 18.4 Å². The molecule has 8 nitrogen and oxygen atoms in total. The third kappa shape index (κ3) is 5.22. The van der Waals surface area contributed by atoms with Gasteiger partial charge in [-0.15, -0.1) is 0 Å². The molecular weight excluding hydrogens is 326 g/mol. The second-order valence-corrected chi connectivity index (χ2v) is 13.4. The summed E-state index contributed by atoms with van der Waals surface area (Å²) < 4.78 is 39.4. The van der Waals surface area contributed by atoms with Crippen molar-refractivity contribution in [3.05, 3.63) is 10.4 Å². The lowest BCUT2D eigenvalue weighted by Gasteiger charge is -2.37. The third-order valence-electron chi connectivity index (χ3n) is 4.13. The first-order valence-electron chi connectivity index (χ1n) is 7.05. The molecule has 10 heteroatoms. The normalized spacial score (nSPS) is 26.7. The summed E-state index contributed by atoms with van der Waals surface area (Å²) in [6.45, 7) is 10.9. The van der Waals surface area contributed by atoms with Gasteiger partial charge in [0.05, 0.1) is 25.5 Å². The van der Waals surface area contributed by atoms with Gasteiger partial charge in [0.15, 0.2) is 8.32 Å². The predicted octanol–water partition coefficient (Wildman–Crippen LogP) is 2.43. The van der Waals surface area contributed by atoms with E-state index in [1.807, 2.05) is 0 Å². The van der Waals surface area contributed by atoms with Gasteiger partial charge in [0.2, 0.25) is 0 Å². The Hall–Kier alpha value is -0.643. The van der Waals surface area contributed by atoms with Gasteiger partial charge in [0.25, 0.3) is 10.1 Å². The molecule has 0 aliphatic carbocycles. The Morgan fingerprint density at radius 2 is 2.00 bits per heavy atom. The summed E-state index contributed by atoms with van der Waals surface area (Å²) in [5.74, 6) is 0. The standard InChI is InChI=1S/C12H25N3O5SSi/c1-12(2,3)22(5,6)19-8-10-11(20-21(4,16)17)9(7-18-10)14-15-13/h9-11H,7-8H2,1-6H3. The van der Waals surface area contributed by atoms with Crippen molar-refractivity contribution < 1.29 is 21.8 Å². The van der Waals surface area contributed by atoms with Crippen molar-refractivity contribution in [2.45, 2.75) is 57.2 Å². The summed E-state index contributed by atoms with van der Waals surface area (Å²) in [5, 5.41) is 3.59. The molecule has 128 valence electrons. The van der Waals surface area contributed by atoms with Crippen LogP contribution in [0, 0.1) is 0 Å². The van der Waals surface area contributed by atoms with E-state index in [0.717, 1.165) is 6.26 Å². The number of hydrogen-bond donors (Lipinski definition) is 0. The lowest BCUT2D eigenvalue weighted by atomic mass is 10.1. The van der Waals surface area contributed by atoms with Gasteiger partial charge in [-0.05, 0) is 23.7 Å². The maximum atomic E-state index is 11.4. The summed E-state index contributed by atoms with van der Waals surface area (Å²) in [7, 11) is -5.67. The highest BCUT2D eigenvalue weighted by molar-refractivity contribution is 7.86. The molecule has 0 N–H and O–H groups in total. The van der Waals surface area contributed by atoms with Gasteiger partial charge in [0, 0.05) is 4.91 Å². The van der Waals surface area contributed by atoms with Crippen molar-refractivity contribution in [3.63, 3.8) is 0 Å². The number of ether oxygens (including phenoxy) is 1. The van der Waals surface area contributed by atoms with Crippen LogP contribution in [0.15, 0.2) is 5.11 Å². The highest BCUT2D eigenvalue weighted by atomic mass is 32.2. The zero-order valence-corrected chi connectivity index (χ0v) is 15.8. The van der Waals surface area contributed by atoms with Crippen LogP contribution in [0.5, 0.6) is 0 Å². The Kier molecular flexibility index (Phi) is 6.05. The monoisotopic (exact) mass is 351 g/mol. The van der Waals surface area contributed by atoms with Crippen LogP contribution >= 0.6 is 0 Å². The van der Waals surface area contributed by atoms with E-state index in [-0.39, 0.29) is 18.3 Å². The third-order valence-corrected chi connectivity index (χ3v) is 9.20. The van der Waals surface area contributed by atoms with Crippen LogP contribution in [0.1, 0.15) is 20.8 Å². The van der Waals surface area contributed by atoms with E-state index in [0.29, 0.717) is 0 Å². The molecule has 0 radical (unpaired) electrons. The average Bonchev–Trinajstić information content (AvgIpc) is 2.67. The molecule has 0 aromatic heterocycles. The molecule has 22 heavy (non-hydrogen) atoms. The molecule has 0 spiro atoms. The van der Waals surface area contributed by atoms with Crippen molar-refractivity contribution in [2.75, 3.05) is 19.5 Å². The van der Waals surface area contributed by atoms with E-state index in [1.54, 1.807) is 0 Å². The highest BCUT2D eigenvalue weighted by Gasteiger charge is 2.43. The molecule has 0 saturated carbocycles. The zero-order chi connectivity index (χ0) is 17.2. The molecule has 0 amide bonds. The maximum Gasteiger partial charge on any atom is 0.264 e. The minimum atomic E-state index is -3.68. The lowest BCUT2D eigenvalue weighted by molar-refractivity contribution is 0.0183. The molecule has 0 aromatic carbocycles. The van der Waals surface area contributed by atoms with E-state index in [9.17, 15) is 8.42 Å². The van der Waals surface area contributed by atoms with Gasteiger partial charge in [-0.1, -0.05) is 25.9 Å². The fourth-order valence-electron chi connectivity index (χ4n) is 1.80. The van der Waals surface area contributed by atoms with Crippen LogP contribution in [0.2, 0.25) is 18.1 Å². The van der Waals surface area contributed by atoms with Crippen LogP contribution < -0.4 is 0 Å². The Morgan fingerprint density at radius 3 is 2.45 bits per heavy atom. The number of nitrogens with zero attached hydrogens (tertiary/aromatic N) is 3. The molecule has 3 unspecified atom stereocenters. The number of hydrogen-bond acceptors (Lipinski definition) is 6. The molecule has 1 aliphatic heterocycles. The van der Waals surface area contributed by atoms with Gasteiger partial charge >= 0.3 is 0 Å². The van der Waals surface area contributed by atoms with E-state index >= 15 is 0 Å². The first-order valence-corrected chi connectivity index (χ1v) is 11.8. The topological polar surface area (TPSA) is 111 Å². The second-order valence-electron chi connectivity index (χ2n) is 6.98. The first kappa shape index (κ1) is 19.4. The molecule has 0 bridgehead atoms. The molecule has 3 atom stereocenters. The molecule has 1 saturated heterocycles. The van der Waals surface area contributed by atoms with Crippen molar-refractivity contribution in [3.8, 4) is 0 Å². The average molecular weight is 352 g/mol. The lowest BCUT2D eigenvalue weighted by Crippen LogP contribution is -2.45. The van der Waals surface area contributed by atoms with E-state index in [1.165, 1.54) is 0 Å². The quantitative estimate of drug-likeness (QED) is 0.240. The Labute approximate surface area is 133 Å². The van der Waals surface area contributed by atoms with E-state index < -0.39 is 36.7 Å². The van der Waals surface area contributed by atoms with Crippen molar-refractivity contribution in [1.82, 2.24) is 0 Å². The van der Waals surface area contributed by atoms with Crippen LogP contribution in [-0.4, -0.2) is 54.5 Å².